The van der Waals surface area contributed by atoms with E-state index in [1.807, 2.05) is 6.92 Å². The summed E-state index contributed by atoms with van der Waals surface area (Å²) in [6.07, 6.45) is 1.54. The normalized spacial score (nSPS) is 11.4. The van der Waals surface area contributed by atoms with Gasteiger partial charge in [0.05, 0.1) is 17.8 Å². The largest absolute Gasteiger partial charge is 0.503 e. The predicted molar refractivity (Wildman–Crippen MR) is 95.1 cm³/mol. The van der Waals surface area contributed by atoms with E-state index in [1.165, 1.54) is 25.1 Å². The molecule has 1 aromatic rings. The average molecular weight is 460 g/mol. The lowest BCUT2D eigenvalue weighted by molar-refractivity contribution is 0.372. The van der Waals surface area contributed by atoms with Crippen molar-refractivity contribution in [3.05, 3.63) is 22.2 Å². The summed E-state index contributed by atoms with van der Waals surface area (Å²) in [7, 11) is 1.48. The lowest BCUT2D eigenvalue weighted by atomic mass is 10.2. The molecule has 0 aromatic heterocycles. The fraction of sp³-hybridized carbons (Fsp3) is 0.273. The molecule has 0 unspecified atom stereocenters. The Balaban J connectivity index is 0.00000324. The van der Waals surface area contributed by atoms with Crippen molar-refractivity contribution in [1.82, 2.24) is 0 Å². The molecule has 19 heavy (non-hydrogen) atoms. The van der Waals surface area contributed by atoms with Gasteiger partial charge in [0.25, 0.3) is 0 Å². The van der Waals surface area contributed by atoms with Crippen molar-refractivity contribution in [1.29, 1.82) is 0 Å². The van der Waals surface area contributed by atoms with E-state index in [1.54, 1.807) is 12.1 Å². The van der Waals surface area contributed by atoms with Gasteiger partial charge in [-0.25, -0.2) is 0 Å². The number of amidine groups is 1. The van der Waals surface area contributed by atoms with Gasteiger partial charge in [-0.3, -0.25) is 0 Å². The molecule has 0 saturated carbocycles. The molecule has 0 bridgehead atoms. The smallest absolute Gasteiger partial charge is 0.180 e. The highest BCUT2D eigenvalue weighted by atomic mass is 127. The minimum absolute atomic E-state index is 0. The number of benzene rings is 1. The molecule has 0 aliphatic heterocycles. The van der Waals surface area contributed by atoms with Crippen LogP contribution in [0.5, 0.6) is 11.5 Å². The van der Waals surface area contributed by atoms with Crippen molar-refractivity contribution < 1.29 is 9.84 Å². The number of methoxy groups -OCH3 is 1. The highest BCUT2D eigenvalue weighted by molar-refractivity contribution is 14.0. The molecule has 0 atom stereocenters. The van der Waals surface area contributed by atoms with Crippen LogP contribution in [-0.2, 0) is 0 Å². The molecular weight excluding hydrogens is 445 g/mol. The predicted octanol–water partition coefficient (Wildman–Crippen LogP) is 3.18. The van der Waals surface area contributed by atoms with Gasteiger partial charge in [0.1, 0.15) is 0 Å². The molecule has 0 spiro atoms. The Bertz CT molecular complexity index is 483. The van der Waals surface area contributed by atoms with Crippen LogP contribution in [0.1, 0.15) is 12.5 Å². The van der Waals surface area contributed by atoms with E-state index in [4.69, 9.17) is 10.5 Å². The van der Waals surface area contributed by atoms with Crippen molar-refractivity contribution >= 4 is 63.1 Å². The number of ether oxygens (including phenoxy) is 1. The third-order valence-corrected chi connectivity index (χ3v) is 3.20. The molecule has 0 fully saturated rings. The van der Waals surface area contributed by atoms with Gasteiger partial charge in [-0.05, 0) is 39.4 Å². The number of halogens is 2. The third kappa shape index (κ3) is 6.00. The molecular formula is C11H15BrIN3O2S. The van der Waals surface area contributed by atoms with E-state index >= 15 is 0 Å². The molecule has 0 radical (unpaired) electrons. The lowest BCUT2D eigenvalue weighted by Gasteiger charge is -2.05. The highest BCUT2D eigenvalue weighted by Crippen LogP contribution is 2.34. The first-order valence-electron chi connectivity index (χ1n) is 5.14. The van der Waals surface area contributed by atoms with Crippen LogP contribution in [0.25, 0.3) is 0 Å². The number of hydrogen-bond donors (Lipinski definition) is 2. The van der Waals surface area contributed by atoms with Crippen LogP contribution in [0.15, 0.2) is 26.8 Å². The SMILES string of the molecule is CCSC(N)=NN=Cc1cc(Br)c(O)c(OC)c1.I. The van der Waals surface area contributed by atoms with Crippen molar-refractivity contribution in [3.8, 4) is 11.5 Å². The monoisotopic (exact) mass is 459 g/mol. The van der Waals surface area contributed by atoms with Crippen LogP contribution in [0.2, 0.25) is 0 Å². The summed E-state index contributed by atoms with van der Waals surface area (Å²) in [5.74, 6) is 1.27. The van der Waals surface area contributed by atoms with E-state index in [2.05, 4.69) is 26.1 Å². The third-order valence-electron chi connectivity index (χ3n) is 1.93. The van der Waals surface area contributed by atoms with Crippen LogP contribution in [-0.4, -0.2) is 29.4 Å². The molecule has 0 heterocycles. The van der Waals surface area contributed by atoms with Crippen LogP contribution >= 0.6 is 51.7 Å². The number of hydrogen-bond acceptors (Lipinski definition) is 5. The summed E-state index contributed by atoms with van der Waals surface area (Å²) in [5.41, 5.74) is 6.33. The minimum atomic E-state index is 0. The van der Waals surface area contributed by atoms with E-state index in [0.29, 0.717) is 15.4 Å². The molecule has 3 N–H and O–H groups in total. The number of phenols is 1. The molecule has 1 rings (SSSR count). The van der Waals surface area contributed by atoms with Gasteiger partial charge < -0.3 is 15.6 Å². The minimum Gasteiger partial charge on any atom is -0.503 e. The highest BCUT2D eigenvalue weighted by Gasteiger charge is 2.07. The number of thioether (sulfide) groups is 1. The van der Waals surface area contributed by atoms with Crippen molar-refractivity contribution in [2.45, 2.75) is 6.92 Å². The van der Waals surface area contributed by atoms with Crippen LogP contribution < -0.4 is 10.5 Å². The van der Waals surface area contributed by atoms with Crippen LogP contribution in [0.3, 0.4) is 0 Å². The fourth-order valence-corrected chi connectivity index (χ4v) is 2.01. The second-order valence-corrected chi connectivity index (χ2v) is 5.31. The summed E-state index contributed by atoms with van der Waals surface area (Å²) in [6.45, 7) is 1.98. The summed E-state index contributed by atoms with van der Waals surface area (Å²) in [5, 5.41) is 17.7. The van der Waals surface area contributed by atoms with E-state index in [-0.39, 0.29) is 29.7 Å². The maximum Gasteiger partial charge on any atom is 0.180 e. The number of nitrogens with two attached hydrogens (primary N) is 1. The zero-order chi connectivity index (χ0) is 13.5. The summed E-state index contributed by atoms with van der Waals surface area (Å²) in [4.78, 5) is 0. The Kier molecular flexibility index (Phi) is 9.19. The van der Waals surface area contributed by atoms with Gasteiger partial charge in [-0.1, -0.05) is 18.7 Å². The van der Waals surface area contributed by atoms with Crippen LogP contribution in [0, 0.1) is 0 Å². The van der Waals surface area contributed by atoms with Crippen LogP contribution in [0.4, 0.5) is 0 Å². The second kappa shape index (κ2) is 9.43. The number of rotatable bonds is 4. The van der Waals surface area contributed by atoms with Gasteiger partial charge in [0.15, 0.2) is 16.7 Å². The van der Waals surface area contributed by atoms with Gasteiger partial charge in [0, 0.05) is 0 Å². The summed E-state index contributed by atoms with van der Waals surface area (Å²) in [6, 6.07) is 3.36. The van der Waals surface area contributed by atoms with Crippen molar-refractivity contribution in [3.63, 3.8) is 0 Å². The summed E-state index contributed by atoms with van der Waals surface area (Å²) >= 11 is 4.65. The quantitative estimate of drug-likeness (QED) is 0.313. The zero-order valence-corrected chi connectivity index (χ0v) is 15.2. The molecule has 1 aromatic carbocycles. The van der Waals surface area contributed by atoms with E-state index in [0.717, 1.165) is 11.3 Å². The second-order valence-electron chi connectivity index (χ2n) is 3.17. The maximum atomic E-state index is 9.64. The molecule has 106 valence electrons. The van der Waals surface area contributed by atoms with Crippen molar-refractivity contribution in [2.24, 2.45) is 15.9 Å². The number of nitrogens with zero attached hydrogens (tertiary/aromatic N) is 2. The first kappa shape index (κ1) is 18.5. The van der Waals surface area contributed by atoms with Gasteiger partial charge in [0.2, 0.25) is 0 Å². The van der Waals surface area contributed by atoms with Gasteiger partial charge in [-0.15, -0.1) is 29.1 Å². The average Bonchev–Trinajstić information content (AvgIpc) is 2.33. The Morgan fingerprint density at radius 3 is 2.84 bits per heavy atom. The molecule has 0 saturated heterocycles. The topological polar surface area (TPSA) is 80.2 Å². The molecule has 8 heteroatoms. The number of aromatic hydroxyl groups is 1. The fourth-order valence-electron chi connectivity index (χ4n) is 1.15. The zero-order valence-electron chi connectivity index (χ0n) is 10.5. The van der Waals surface area contributed by atoms with E-state index in [9.17, 15) is 5.11 Å². The first-order valence-corrected chi connectivity index (χ1v) is 6.92. The Hall–Kier alpha value is -0.480. The molecule has 0 amide bonds. The molecule has 5 nitrogen and oxygen atoms in total. The Morgan fingerprint density at radius 2 is 2.26 bits per heavy atom. The van der Waals surface area contributed by atoms with E-state index < -0.39 is 0 Å². The van der Waals surface area contributed by atoms with Gasteiger partial charge in [-0.2, -0.15) is 5.10 Å². The summed E-state index contributed by atoms with van der Waals surface area (Å²) < 4.78 is 5.56. The first-order chi connectivity index (χ1) is 8.58. The lowest BCUT2D eigenvalue weighted by Crippen LogP contribution is -2.05. The van der Waals surface area contributed by atoms with Gasteiger partial charge >= 0.3 is 0 Å². The molecule has 0 aliphatic rings. The molecule has 0 aliphatic carbocycles. The Morgan fingerprint density at radius 1 is 1.58 bits per heavy atom. The van der Waals surface area contributed by atoms with Crippen molar-refractivity contribution in [2.75, 3.05) is 12.9 Å². The maximum absolute atomic E-state index is 9.64. The number of phenolic OH excluding ortho intramolecular Hbond substituents is 1. The standard InChI is InChI=1S/C11H14BrN3O2S.HI/c1-3-18-11(13)15-14-6-7-4-8(12)10(16)9(5-7)17-2;/h4-6,16H,3H2,1-2H3,(H2,13,15);1H. The Labute approximate surface area is 141 Å².